The minimum atomic E-state index is -5.06. The number of anilines is 1. The van der Waals surface area contributed by atoms with E-state index in [-0.39, 0.29) is 101 Å². The van der Waals surface area contributed by atoms with E-state index in [0.29, 0.717) is 56.7 Å². The number of carbonyl (C=O) groups excluding carboxylic acids is 6. The Hall–Kier alpha value is -6.44. The van der Waals surface area contributed by atoms with Crippen LogP contribution in [0.25, 0.3) is 10.6 Å². The Kier molecular flexibility index (Phi) is 24.3. The van der Waals surface area contributed by atoms with Crippen LogP contribution in [-0.2, 0) is 63.9 Å². The number of nitrogens with zero attached hydrogens (tertiary/aromatic N) is 6. The Labute approximate surface area is 564 Å². The zero-order valence-electron chi connectivity index (χ0n) is 56.0. The molecule has 16 N–H and O–H groups in total. The van der Waals surface area contributed by atoms with Crippen LogP contribution in [0.1, 0.15) is 151 Å². The van der Waals surface area contributed by atoms with Crippen molar-refractivity contribution in [2.45, 2.75) is 202 Å². The van der Waals surface area contributed by atoms with Gasteiger partial charge in [0.15, 0.2) is 6.23 Å². The Morgan fingerprint density at radius 1 is 0.842 bits per heavy atom. The molecule has 6 amide bonds. The molecule has 0 aromatic heterocycles. The number of aliphatic hydroxyl groups excluding tert-OH is 3. The van der Waals surface area contributed by atoms with Gasteiger partial charge in [-0.2, -0.15) is 5.70 Å². The summed E-state index contributed by atoms with van der Waals surface area (Å²) in [5.74, 6) is -7.68. The third-order valence-corrected chi connectivity index (χ3v) is 21.7. The molecule has 7 heterocycles. The molecule has 2 saturated heterocycles. The molecule has 95 heavy (non-hydrogen) atoms. The van der Waals surface area contributed by atoms with Crippen molar-refractivity contribution in [2.75, 3.05) is 24.7 Å². The summed E-state index contributed by atoms with van der Waals surface area (Å²) in [5, 5.41) is 71.9. The number of phosphoric acid groups is 1. The van der Waals surface area contributed by atoms with Crippen LogP contribution < -0.4 is 49.1 Å². The second-order valence-electron chi connectivity index (χ2n) is 27.7. The third-order valence-electron chi connectivity index (χ3n) is 20.6. The van der Waals surface area contributed by atoms with Crippen LogP contribution in [0.2, 0.25) is 0 Å². The minimum absolute atomic E-state index is 0. The van der Waals surface area contributed by atoms with Crippen molar-refractivity contribution >= 4 is 77.7 Å². The van der Waals surface area contributed by atoms with Crippen LogP contribution >= 0.6 is 7.82 Å². The summed E-state index contributed by atoms with van der Waals surface area (Å²) in [4.78, 5) is 110. The molecule has 8 rings (SSSR count). The number of amides is 6. The number of aryl methyl sites for hydroxylation is 2. The number of nitrogens with one attached hydrogen (secondary N) is 2. The summed E-state index contributed by atoms with van der Waals surface area (Å²) >= 11 is 0. The van der Waals surface area contributed by atoms with Crippen molar-refractivity contribution in [3.05, 3.63) is 68.2 Å². The Morgan fingerprint density at radius 2 is 1.43 bits per heavy atom. The predicted molar refractivity (Wildman–Crippen MR) is 346 cm³/mol. The molecule has 0 saturated carbocycles. The summed E-state index contributed by atoms with van der Waals surface area (Å²) in [6.07, 6.45) is -7.47. The van der Waals surface area contributed by atoms with E-state index in [4.69, 9.17) is 78.4 Å². The third kappa shape index (κ3) is 15.9. The number of allylic oxidation sites excluding steroid dienone is 6. The van der Waals surface area contributed by atoms with E-state index in [1.165, 1.54) is 13.8 Å². The molecular weight excluding hydrogens is 1300 g/mol. The molecule has 16 atom stereocenters. The molecule has 0 aliphatic carbocycles. The van der Waals surface area contributed by atoms with E-state index in [2.05, 4.69) is 10.6 Å². The number of carbonyl (C=O) groups is 6. The van der Waals surface area contributed by atoms with E-state index < -0.39 is 150 Å². The Morgan fingerprint density at radius 3 is 2.00 bits per heavy atom. The number of benzene rings is 1. The van der Waals surface area contributed by atoms with Gasteiger partial charge in [0, 0.05) is 108 Å². The minimum Gasteiger partial charge on any atom is -0.862 e. The number of phosphoric ester groups is 1. The van der Waals surface area contributed by atoms with Gasteiger partial charge in [0.05, 0.1) is 23.9 Å². The van der Waals surface area contributed by atoms with Gasteiger partial charge >= 0.3 is 24.6 Å². The average molecular weight is 1390 g/mol. The maximum absolute atomic E-state index is 14.4. The molecule has 31 heteroatoms. The number of fused-ring (bicyclic) bond motifs is 7. The molecule has 2 fully saturated rings. The molecule has 8 bridgehead atoms. The first kappa shape index (κ1) is 77.6. The number of ether oxygens (including phenoxy) is 1. The molecule has 1 aromatic rings. The van der Waals surface area contributed by atoms with Crippen molar-refractivity contribution in [3.63, 3.8) is 0 Å². The fourth-order valence-corrected chi connectivity index (χ4v) is 16.6. The fraction of sp³-hybridized carbons (Fsp3) is 0.656. The zero-order chi connectivity index (χ0) is 70.3. The van der Waals surface area contributed by atoms with Gasteiger partial charge in [-0.25, -0.2) is 4.57 Å². The maximum atomic E-state index is 14.4. The van der Waals surface area contributed by atoms with Crippen LogP contribution in [0.5, 0.6) is 0 Å². The van der Waals surface area contributed by atoms with Crippen molar-refractivity contribution in [1.82, 2.24) is 5.32 Å². The van der Waals surface area contributed by atoms with Crippen LogP contribution in [0.4, 0.5) is 11.4 Å². The second-order valence-corrected chi connectivity index (χ2v) is 29.0. The van der Waals surface area contributed by atoms with Crippen LogP contribution in [0, 0.1) is 64.6 Å². The van der Waals surface area contributed by atoms with Crippen LogP contribution in [0.15, 0.2) is 61.4 Å². The standard InChI is InChI=1S/C62H91N13O14P.C2H5O2.Co/c1-29-20-39-40(21-30(29)2)75(28-70-39)57-52(84)53(41(27-76)87-57)89-90(85,86)88-31(3)26-69-49(83)18-19-59(8)37(22-46(66)80)56-62(11)61(10,25-48(68)82)36(14-17-45(65)79)51(74-62)33(5)55-60(9,24-47(67)81)34(12-15-43(63)77)38(71-55)23-42-58(6,7)35(13-16-44(64)78)50(72-42)32(4)54(59)73-56;1-2(3)4;/h20-21,23,31,34-37,41,52-53,56-57,76,84H,12-19,22,24-28H2,1-11H3,(H15,63,64,65,66,67,68,69,71,72,73,74,77,78,79,80,81,82,83,85,86);2-3H,1H3;/q2*-1;+2/p-2/t31?,34-,35?,36-,37?,41-,52-,53-,56?,57+,59-,60+,61+,62+;;/m1../s1. The molecule has 0 spiro atoms. The number of rotatable bonds is 26. The quantitative estimate of drug-likeness (QED) is 0.0275. The molecule has 1 aromatic carbocycles. The van der Waals surface area contributed by atoms with Crippen LogP contribution in [0.3, 0.4) is 0 Å². The fourth-order valence-electron chi connectivity index (χ4n) is 15.5. The Balaban J connectivity index is 0.00000278. The maximum Gasteiger partial charge on any atom is 2.00 e. The Bertz CT molecular complexity index is 3440. The smallest absolute Gasteiger partial charge is 0.862 e. The topological polar surface area (TPSA) is 509 Å². The SMILES string of the molecule is CC([O-])O.CC1=C2[N-]C(C(CC(N)=O)[C@@]2(C)CCC(=O)NCC(C)OP(=O)(O)O[C@H]2[C@@H](O)[C@@H](N3C[N-]c4cc(C)c(C)cc43)O[C@@H]2CO)[C@]2(C)N=C(C(C)=C3N=C(C=C4N=C1C(CCC(N)=O)C4(C)C)[C@@H](CCC(=N)[O-])[C@]3(C)CC(N)=O)[C@@H](CCC(N)=O)[C@]2(C)CC(N)=O.[Co+2]. The number of primary amides is 5. The summed E-state index contributed by atoms with van der Waals surface area (Å²) in [6, 6.07) is 2.74. The van der Waals surface area contributed by atoms with Gasteiger partial charge in [-0.1, -0.05) is 60.3 Å². The molecule has 7 aliphatic rings. The number of nitrogens with two attached hydrogens (primary N) is 5. The summed E-state index contributed by atoms with van der Waals surface area (Å²) in [5.41, 5.74) is 30.9. The van der Waals surface area contributed by atoms with Gasteiger partial charge in [-0.05, 0) is 132 Å². The van der Waals surface area contributed by atoms with E-state index in [1.807, 2.05) is 80.5 Å². The summed E-state index contributed by atoms with van der Waals surface area (Å²) in [6.45, 7) is 20.4. The number of hydrogen-bond donors (Lipinski definition) is 11. The van der Waals surface area contributed by atoms with Gasteiger partial charge in [-0.15, -0.1) is 5.69 Å². The number of hydrogen-bond acceptors (Lipinski definition) is 20. The van der Waals surface area contributed by atoms with Gasteiger partial charge in [0.2, 0.25) is 35.4 Å². The van der Waals surface area contributed by atoms with Crippen LogP contribution in [-0.4, -0.2) is 147 Å². The molecule has 6 unspecified atom stereocenters. The summed E-state index contributed by atoms with van der Waals surface area (Å²) in [7, 11) is -5.06. The first-order valence-corrected chi connectivity index (χ1v) is 33.2. The van der Waals surface area contributed by atoms with E-state index in [1.54, 1.807) is 11.8 Å². The second kappa shape index (κ2) is 29.7. The predicted octanol–water partition coefficient (Wildman–Crippen LogP) is 2.74. The van der Waals surface area contributed by atoms with Crippen molar-refractivity contribution in [1.29, 1.82) is 5.41 Å². The first-order valence-electron chi connectivity index (χ1n) is 31.7. The molecule has 29 nitrogen and oxygen atoms in total. The van der Waals surface area contributed by atoms with E-state index >= 15 is 0 Å². The normalized spacial score (nSPS) is 31.5. The zero-order valence-corrected chi connectivity index (χ0v) is 58.0. The van der Waals surface area contributed by atoms with E-state index in [0.717, 1.165) is 11.1 Å². The van der Waals surface area contributed by atoms with Gasteiger partial charge in [0.25, 0.3) is 0 Å². The molecular formula is C64H94CoN13O16P-2. The number of aliphatic imine (C=N–C) groups is 3. The largest absolute Gasteiger partial charge is 2.00 e. The van der Waals surface area contributed by atoms with Gasteiger partial charge in [0.1, 0.15) is 18.3 Å². The van der Waals surface area contributed by atoms with Crippen molar-refractivity contribution in [2.24, 2.45) is 89.0 Å². The monoisotopic (exact) mass is 1390 g/mol. The first-order chi connectivity index (χ1) is 43.6. The molecule has 1 radical (unpaired) electrons. The molecule has 527 valence electrons. The van der Waals surface area contributed by atoms with Crippen molar-refractivity contribution < 1.29 is 94.3 Å². The number of aliphatic hydroxyl groups is 3. The van der Waals surface area contributed by atoms with Crippen molar-refractivity contribution in [3.8, 4) is 0 Å². The summed E-state index contributed by atoms with van der Waals surface area (Å²) < 4.78 is 30.8. The van der Waals surface area contributed by atoms with Gasteiger partial charge < -0.3 is 90.1 Å². The molecule has 7 aliphatic heterocycles. The average Bonchev–Trinajstić information content (AvgIpc) is 1.53. The van der Waals surface area contributed by atoms with Gasteiger partial charge in [-0.3, -0.25) is 52.8 Å². The van der Waals surface area contributed by atoms with E-state index in [9.17, 15) is 53.5 Å².